The fraction of sp³-hybridized carbons (Fsp3) is 0.511. The summed E-state index contributed by atoms with van der Waals surface area (Å²) in [6.45, 7) is 8.04. The van der Waals surface area contributed by atoms with E-state index < -0.39 is 24.4 Å². The van der Waals surface area contributed by atoms with Crippen LogP contribution in [0.1, 0.15) is 81.6 Å². The molecule has 1 saturated carbocycles. The maximum Gasteiger partial charge on any atom is 0.342 e. The van der Waals surface area contributed by atoms with Crippen molar-refractivity contribution in [2.24, 2.45) is 11.3 Å². The van der Waals surface area contributed by atoms with Gasteiger partial charge in [0, 0.05) is 68.2 Å². The minimum atomic E-state index is -3.59. The van der Waals surface area contributed by atoms with Crippen molar-refractivity contribution in [1.29, 1.82) is 0 Å². The van der Waals surface area contributed by atoms with Crippen molar-refractivity contribution in [3.8, 4) is 17.0 Å². The summed E-state index contributed by atoms with van der Waals surface area (Å²) in [6, 6.07) is 14.7. The van der Waals surface area contributed by atoms with Crippen molar-refractivity contribution in [3.05, 3.63) is 66.5 Å². The zero-order valence-electron chi connectivity index (χ0n) is 37.4. The lowest BCUT2D eigenvalue weighted by Crippen LogP contribution is -2.55. The Morgan fingerprint density at radius 1 is 0.985 bits per heavy atom. The van der Waals surface area contributed by atoms with E-state index in [1.54, 1.807) is 36.7 Å². The Morgan fingerprint density at radius 3 is 2.42 bits per heavy atom. The number of piperidine rings is 3. The van der Waals surface area contributed by atoms with Gasteiger partial charge < -0.3 is 35.0 Å². The number of rotatable bonds is 11. The number of fused-ring (bicyclic) bond motifs is 1. The summed E-state index contributed by atoms with van der Waals surface area (Å²) in [7, 11) is 2.79. The largest absolute Gasteiger partial charge is 0.495 e. The predicted octanol–water partition coefficient (Wildman–Crippen LogP) is 5.79. The molecule has 3 saturated heterocycles. The zero-order chi connectivity index (χ0) is 45.6. The minimum absolute atomic E-state index is 0.112. The lowest BCUT2D eigenvalue weighted by Gasteiger charge is -2.52. The summed E-state index contributed by atoms with van der Waals surface area (Å²) in [6.07, 6.45) is 10.5. The molecular formula is C47H57F2N11O5. The Morgan fingerprint density at radius 2 is 1.72 bits per heavy atom. The average molecular weight is 894 g/mol. The number of nitrogens with one attached hydrogen (secondary N) is 3. The van der Waals surface area contributed by atoms with E-state index in [1.165, 1.54) is 30.9 Å². The van der Waals surface area contributed by atoms with Crippen LogP contribution in [0, 0.1) is 11.3 Å². The number of aromatic nitrogens is 4. The van der Waals surface area contributed by atoms with Gasteiger partial charge in [0.1, 0.15) is 17.5 Å². The van der Waals surface area contributed by atoms with Gasteiger partial charge in [0.25, 0.3) is 17.7 Å². The smallest absolute Gasteiger partial charge is 0.342 e. The van der Waals surface area contributed by atoms with E-state index in [0.717, 1.165) is 87.4 Å². The van der Waals surface area contributed by atoms with Crippen LogP contribution in [0.4, 0.5) is 37.6 Å². The second kappa shape index (κ2) is 17.7. The summed E-state index contributed by atoms with van der Waals surface area (Å²) in [5, 5.41) is 13.4. The van der Waals surface area contributed by atoms with Gasteiger partial charge in [-0.1, -0.05) is 12.1 Å². The Balaban J connectivity index is 0.716. The zero-order valence-corrected chi connectivity index (χ0v) is 37.4. The molecule has 1 aliphatic carbocycles. The summed E-state index contributed by atoms with van der Waals surface area (Å²) in [5.74, 6) is -4.22. The van der Waals surface area contributed by atoms with E-state index in [-0.39, 0.29) is 52.7 Å². The van der Waals surface area contributed by atoms with Crippen LogP contribution in [-0.2, 0) is 14.4 Å². The van der Waals surface area contributed by atoms with Crippen molar-refractivity contribution < 1.29 is 32.7 Å². The van der Waals surface area contributed by atoms with Crippen molar-refractivity contribution in [1.82, 2.24) is 35.3 Å². The third-order valence-corrected chi connectivity index (χ3v) is 14.1. The topological polar surface area (TPSA) is 170 Å². The number of imide groups is 1. The first-order valence-corrected chi connectivity index (χ1v) is 22.7. The molecule has 9 rings (SSSR count). The molecular weight excluding hydrogens is 837 g/mol. The summed E-state index contributed by atoms with van der Waals surface area (Å²) >= 11 is 0. The molecule has 4 amide bonds. The third-order valence-electron chi connectivity index (χ3n) is 14.1. The number of hydrogen-bond acceptors (Lipinski definition) is 12. The molecule has 2 aromatic carbocycles. The highest BCUT2D eigenvalue weighted by Crippen LogP contribution is 2.49. The van der Waals surface area contributed by atoms with E-state index in [9.17, 15) is 28.0 Å². The van der Waals surface area contributed by atoms with Gasteiger partial charge in [0.05, 0.1) is 31.2 Å². The molecule has 344 valence electrons. The van der Waals surface area contributed by atoms with E-state index in [4.69, 9.17) is 4.74 Å². The number of benzene rings is 2. The third kappa shape index (κ3) is 9.09. The SMILES string of the molecule is COc1cc(C(=O)NC2CC3(CCN(CC4CCN(c5ccc(-c6ccn(C7CCC(=O)NC7=O)n6)cc5)CC4)CC3)C2)ccc1Nc1ncc2c(n1)N(C(C)C)CC(F)(F)C(=O)N2C. The second-order valence-corrected chi connectivity index (χ2v) is 18.7. The number of amides is 4. The van der Waals surface area contributed by atoms with Crippen LogP contribution in [0.15, 0.2) is 60.9 Å². The molecule has 0 radical (unpaired) electrons. The monoisotopic (exact) mass is 893 g/mol. The van der Waals surface area contributed by atoms with Gasteiger partial charge in [-0.2, -0.15) is 18.9 Å². The van der Waals surface area contributed by atoms with Crippen LogP contribution in [0.5, 0.6) is 5.75 Å². The summed E-state index contributed by atoms with van der Waals surface area (Å²) in [4.78, 5) is 66.0. The van der Waals surface area contributed by atoms with Crippen LogP contribution in [0.25, 0.3) is 11.3 Å². The Labute approximate surface area is 377 Å². The van der Waals surface area contributed by atoms with E-state index in [2.05, 4.69) is 65.1 Å². The molecule has 5 aliphatic rings. The van der Waals surface area contributed by atoms with Crippen LogP contribution in [0.3, 0.4) is 0 Å². The number of halogens is 2. The van der Waals surface area contributed by atoms with Gasteiger partial charge in [-0.15, -0.1) is 0 Å². The van der Waals surface area contributed by atoms with Gasteiger partial charge in [0.15, 0.2) is 5.82 Å². The maximum absolute atomic E-state index is 14.8. The van der Waals surface area contributed by atoms with E-state index in [0.29, 0.717) is 35.8 Å². The fourth-order valence-electron chi connectivity index (χ4n) is 10.2. The number of hydrogen-bond donors (Lipinski definition) is 3. The molecule has 3 N–H and O–H groups in total. The molecule has 4 aliphatic heterocycles. The lowest BCUT2D eigenvalue weighted by molar-refractivity contribution is -0.140. The highest BCUT2D eigenvalue weighted by molar-refractivity contribution is 6.02. The normalized spacial score (nSPS) is 21.5. The van der Waals surface area contributed by atoms with Crippen molar-refractivity contribution in [3.63, 3.8) is 0 Å². The van der Waals surface area contributed by atoms with Crippen LogP contribution in [0.2, 0.25) is 0 Å². The predicted molar refractivity (Wildman–Crippen MR) is 242 cm³/mol. The first kappa shape index (κ1) is 44.1. The van der Waals surface area contributed by atoms with Gasteiger partial charge in [0.2, 0.25) is 11.9 Å². The standard InChI is InChI=1S/C47H57F2N11O5/c1-29(2)59-28-47(48,49)44(64)56(3)38-26-50-45(54-41(38)59)52-36-10-7-32(23-39(36)65-4)42(62)51-33-24-46(25-33)16-21-57(22-17-46)27-30-13-18-58(19-14-30)34-8-5-31(6-9-34)35-15-20-60(55-35)37-11-12-40(61)53-43(37)63/h5-10,15,20,23,26,29-30,33,37H,11-14,16-19,21-22,24-25,27-28H2,1-4H3,(H,51,62)(H,50,52,54)(H,53,61,63). The van der Waals surface area contributed by atoms with E-state index in [1.807, 2.05) is 12.3 Å². The van der Waals surface area contributed by atoms with Crippen molar-refractivity contribution in [2.45, 2.75) is 89.3 Å². The molecule has 0 bridgehead atoms. The highest BCUT2D eigenvalue weighted by atomic mass is 19.3. The molecule has 1 unspecified atom stereocenters. The van der Waals surface area contributed by atoms with Gasteiger partial charge in [-0.05, 0) is 120 Å². The van der Waals surface area contributed by atoms with E-state index >= 15 is 0 Å². The molecule has 65 heavy (non-hydrogen) atoms. The number of carbonyl (C=O) groups is 4. The number of ether oxygens (including phenoxy) is 1. The Bertz CT molecular complexity index is 2440. The number of nitrogens with zero attached hydrogens (tertiary/aromatic N) is 8. The van der Waals surface area contributed by atoms with Crippen molar-refractivity contribution >= 4 is 52.5 Å². The van der Waals surface area contributed by atoms with Crippen LogP contribution >= 0.6 is 0 Å². The lowest BCUT2D eigenvalue weighted by atomic mass is 9.60. The number of likely N-dealkylation sites (tertiary alicyclic amines) is 1. The molecule has 4 fully saturated rings. The summed E-state index contributed by atoms with van der Waals surface area (Å²) < 4.78 is 36.9. The van der Waals surface area contributed by atoms with Crippen LogP contribution in [-0.4, -0.2) is 120 Å². The highest BCUT2D eigenvalue weighted by Gasteiger charge is 2.48. The second-order valence-electron chi connectivity index (χ2n) is 18.7. The van der Waals surface area contributed by atoms with Gasteiger partial charge >= 0.3 is 5.92 Å². The Hall–Kier alpha value is -6.17. The molecule has 6 heterocycles. The molecule has 2 aromatic heterocycles. The number of alkyl halides is 2. The van der Waals surface area contributed by atoms with Gasteiger partial charge in [-0.3, -0.25) is 29.2 Å². The molecule has 1 atom stereocenters. The Kier molecular flexibility index (Phi) is 12.0. The first-order chi connectivity index (χ1) is 31.2. The quantitative estimate of drug-likeness (QED) is 0.155. The minimum Gasteiger partial charge on any atom is -0.495 e. The average Bonchev–Trinajstić information content (AvgIpc) is 3.76. The number of carbonyl (C=O) groups excluding carboxylic acids is 4. The van der Waals surface area contributed by atoms with Crippen LogP contribution < -0.4 is 35.4 Å². The number of anilines is 5. The summed E-state index contributed by atoms with van der Waals surface area (Å²) in [5.41, 5.74) is 4.40. The molecule has 18 heteroatoms. The molecule has 16 nitrogen and oxygen atoms in total. The van der Waals surface area contributed by atoms with Crippen molar-refractivity contribution in [2.75, 3.05) is 73.4 Å². The first-order valence-electron chi connectivity index (χ1n) is 22.7. The number of methoxy groups -OCH3 is 1. The fourth-order valence-corrected chi connectivity index (χ4v) is 10.2. The maximum atomic E-state index is 14.8. The molecule has 1 spiro atoms. The molecule has 4 aromatic rings. The van der Waals surface area contributed by atoms with Gasteiger partial charge in [-0.25, -0.2) is 4.98 Å².